The molecule has 1 fully saturated rings. The van der Waals surface area contributed by atoms with Gasteiger partial charge in [0.2, 0.25) is 5.91 Å². The Morgan fingerprint density at radius 3 is 2.83 bits per heavy atom. The number of rotatable bonds is 5. The molecule has 0 aromatic carbocycles. The number of nitrogens with one attached hydrogen (secondary N) is 1. The van der Waals surface area contributed by atoms with Crippen molar-refractivity contribution < 1.29 is 14.3 Å². The SMILES string of the molecule is CNC(=O)C1CN(C(C)C)CCN1C(=O)COc1cccnc1. The molecule has 1 atom stereocenters. The van der Waals surface area contributed by atoms with Crippen LogP contribution in [0.2, 0.25) is 0 Å². The smallest absolute Gasteiger partial charge is 0.261 e. The van der Waals surface area contributed by atoms with Crippen molar-refractivity contribution in [2.45, 2.75) is 25.9 Å². The highest BCUT2D eigenvalue weighted by atomic mass is 16.5. The van der Waals surface area contributed by atoms with Gasteiger partial charge in [0, 0.05) is 38.9 Å². The average molecular weight is 320 g/mol. The number of hydrogen-bond donors (Lipinski definition) is 1. The minimum atomic E-state index is -0.485. The molecular formula is C16H24N4O3. The van der Waals surface area contributed by atoms with Gasteiger partial charge in [-0.2, -0.15) is 0 Å². The number of pyridine rings is 1. The van der Waals surface area contributed by atoms with Crippen LogP contribution < -0.4 is 10.1 Å². The Bertz CT molecular complexity index is 535. The number of aromatic nitrogens is 1. The first-order valence-electron chi connectivity index (χ1n) is 7.81. The van der Waals surface area contributed by atoms with E-state index in [2.05, 4.69) is 29.0 Å². The molecule has 1 unspecified atom stereocenters. The fraction of sp³-hybridized carbons (Fsp3) is 0.562. The van der Waals surface area contributed by atoms with Crippen LogP contribution in [-0.4, -0.2) is 72.0 Å². The van der Waals surface area contributed by atoms with E-state index in [1.165, 1.54) is 0 Å². The van der Waals surface area contributed by atoms with Gasteiger partial charge in [0.05, 0.1) is 6.20 Å². The Labute approximate surface area is 136 Å². The van der Waals surface area contributed by atoms with Gasteiger partial charge in [-0.3, -0.25) is 19.5 Å². The summed E-state index contributed by atoms with van der Waals surface area (Å²) in [5.74, 6) is 0.203. The summed E-state index contributed by atoms with van der Waals surface area (Å²) in [7, 11) is 1.59. The normalized spacial score (nSPS) is 18.8. The summed E-state index contributed by atoms with van der Waals surface area (Å²) in [6, 6.07) is 3.34. The molecule has 0 bridgehead atoms. The molecule has 1 aromatic heterocycles. The van der Waals surface area contributed by atoms with Crippen LogP contribution >= 0.6 is 0 Å². The fourth-order valence-corrected chi connectivity index (χ4v) is 2.62. The van der Waals surface area contributed by atoms with Gasteiger partial charge in [0.15, 0.2) is 6.61 Å². The predicted octanol–water partition coefficient (Wildman–Crippen LogP) is 0.128. The topological polar surface area (TPSA) is 74.8 Å². The zero-order chi connectivity index (χ0) is 16.8. The molecule has 0 saturated carbocycles. The van der Waals surface area contributed by atoms with Gasteiger partial charge in [-0.25, -0.2) is 0 Å². The molecule has 1 saturated heterocycles. The summed E-state index contributed by atoms with van der Waals surface area (Å²) in [5, 5.41) is 2.64. The van der Waals surface area contributed by atoms with Crippen molar-refractivity contribution in [1.29, 1.82) is 0 Å². The van der Waals surface area contributed by atoms with E-state index in [-0.39, 0.29) is 18.4 Å². The van der Waals surface area contributed by atoms with Crippen LogP contribution in [-0.2, 0) is 9.59 Å². The van der Waals surface area contributed by atoms with Gasteiger partial charge in [0.25, 0.3) is 5.91 Å². The monoisotopic (exact) mass is 320 g/mol. The van der Waals surface area contributed by atoms with Crippen molar-refractivity contribution in [3.05, 3.63) is 24.5 Å². The highest BCUT2D eigenvalue weighted by molar-refractivity contribution is 5.88. The van der Waals surface area contributed by atoms with Crippen LogP contribution in [0.5, 0.6) is 5.75 Å². The maximum absolute atomic E-state index is 12.5. The Morgan fingerprint density at radius 2 is 2.22 bits per heavy atom. The van der Waals surface area contributed by atoms with Crippen LogP contribution in [0.3, 0.4) is 0 Å². The molecule has 1 aliphatic rings. The summed E-state index contributed by atoms with van der Waals surface area (Å²) >= 11 is 0. The van der Waals surface area contributed by atoms with Crippen LogP contribution in [0, 0.1) is 0 Å². The lowest BCUT2D eigenvalue weighted by molar-refractivity contribution is -0.145. The zero-order valence-electron chi connectivity index (χ0n) is 13.9. The van der Waals surface area contributed by atoms with Gasteiger partial charge in [0.1, 0.15) is 11.8 Å². The number of nitrogens with zero attached hydrogens (tertiary/aromatic N) is 3. The molecule has 2 rings (SSSR count). The lowest BCUT2D eigenvalue weighted by Gasteiger charge is -2.42. The standard InChI is InChI=1S/C16H24N4O3/c1-12(2)19-7-8-20(14(10-19)16(22)17-3)15(21)11-23-13-5-4-6-18-9-13/h4-6,9,12,14H,7-8,10-11H2,1-3H3,(H,17,22). The van der Waals surface area contributed by atoms with Crippen molar-refractivity contribution in [2.75, 3.05) is 33.3 Å². The Morgan fingerprint density at radius 1 is 1.43 bits per heavy atom. The second-order valence-electron chi connectivity index (χ2n) is 5.78. The molecule has 7 nitrogen and oxygen atoms in total. The quantitative estimate of drug-likeness (QED) is 0.834. The Balaban J connectivity index is 2.00. The van der Waals surface area contributed by atoms with Crippen molar-refractivity contribution in [2.24, 2.45) is 0 Å². The van der Waals surface area contributed by atoms with Gasteiger partial charge in [-0.05, 0) is 26.0 Å². The second kappa shape index (κ2) is 7.92. The third-order valence-electron chi connectivity index (χ3n) is 4.01. The number of piperazine rings is 1. The van der Waals surface area contributed by atoms with Gasteiger partial charge in [-0.15, -0.1) is 0 Å². The summed E-state index contributed by atoms with van der Waals surface area (Å²) in [4.78, 5) is 32.3. The maximum Gasteiger partial charge on any atom is 0.261 e. The molecule has 2 amide bonds. The van der Waals surface area contributed by atoms with E-state index < -0.39 is 6.04 Å². The zero-order valence-corrected chi connectivity index (χ0v) is 13.9. The van der Waals surface area contributed by atoms with Gasteiger partial charge < -0.3 is 15.0 Å². The first-order valence-corrected chi connectivity index (χ1v) is 7.81. The number of amides is 2. The highest BCUT2D eigenvalue weighted by Crippen LogP contribution is 2.14. The average Bonchev–Trinajstić information content (AvgIpc) is 2.59. The number of carbonyl (C=O) groups excluding carboxylic acids is 2. The van der Waals surface area contributed by atoms with Crippen molar-refractivity contribution >= 4 is 11.8 Å². The number of ether oxygens (including phenoxy) is 1. The van der Waals surface area contributed by atoms with Crippen molar-refractivity contribution in [3.8, 4) is 5.75 Å². The number of likely N-dealkylation sites (N-methyl/N-ethyl adjacent to an activating group) is 1. The van der Waals surface area contributed by atoms with E-state index in [4.69, 9.17) is 4.74 Å². The van der Waals surface area contributed by atoms with E-state index in [0.29, 0.717) is 24.9 Å². The second-order valence-corrected chi connectivity index (χ2v) is 5.78. The first kappa shape index (κ1) is 17.2. The van der Waals surface area contributed by atoms with E-state index in [0.717, 1.165) is 6.54 Å². The molecule has 2 heterocycles. The molecule has 1 aliphatic heterocycles. The van der Waals surface area contributed by atoms with Crippen molar-refractivity contribution in [1.82, 2.24) is 20.1 Å². The third kappa shape index (κ3) is 4.41. The molecule has 1 N–H and O–H groups in total. The molecule has 7 heteroatoms. The van der Waals surface area contributed by atoms with Gasteiger partial charge >= 0.3 is 0 Å². The molecule has 23 heavy (non-hydrogen) atoms. The van der Waals surface area contributed by atoms with E-state index in [1.807, 2.05) is 0 Å². The molecule has 1 aromatic rings. The summed E-state index contributed by atoms with van der Waals surface area (Å²) in [6.45, 7) is 5.89. The first-order chi connectivity index (χ1) is 11.0. The minimum absolute atomic E-state index is 0.0964. The van der Waals surface area contributed by atoms with E-state index >= 15 is 0 Å². The number of hydrogen-bond acceptors (Lipinski definition) is 5. The highest BCUT2D eigenvalue weighted by Gasteiger charge is 2.35. The summed E-state index contributed by atoms with van der Waals surface area (Å²) in [5.41, 5.74) is 0. The Kier molecular flexibility index (Phi) is 5.92. The third-order valence-corrected chi connectivity index (χ3v) is 4.01. The molecule has 0 aliphatic carbocycles. The lowest BCUT2D eigenvalue weighted by Crippen LogP contribution is -2.62. The van der Waals surface area contributed by atoms with Crippen LogP contribution in [0.25, 0.3) is 0 Å². The predicted molar refractivity (Wildman–Crippen MR) is 86.0 cm³/mol. The number of carbonyl (C=O) groups is 2. The maximum atomic E-state index is 12.5. The molecule has 0 spiro atoms. The van der Waals surface area contributed by atoms with Crippen LogP contribution in [0.4, 0.5) is 0 Å². The van der Waals surface area contributed by atoms with Crippen molar-refractivity contribution in [3.63, 3.8) is 0 Å². The molecular weight excluding hydrogens is 296 g/mol. The van der Waals surface area contributed by atoms with Crippen LogP contribution in [0.1, 0.15) is 13.8 Å². The Hall–Kier alpha value is -2.15. The minimum Gasteiger partial charge on any atom is -0.482 e. The van der Waals surface area contributed by atoms with E-state index in [9.17, 15) is 9.59 Å². The molecule has 0 radical (unpaired) electrons. The molecule has 126 valence electrons. The van der Waals surface area contributed by atoms with E-state index in [1.54, 1.807) is 36.5 Å². The van der Waals surface area contributed by atoms with Gasteiger partial charge in [-0.1, -0.05) is 0 Å². The fourth-order valence-electron chi connectivity index (χ4n) is 2.62. The lowest BCUT2D eigenvalue weighted by atomic mass is 10.1. The summed E-state index contributed by atoms with van der Waals surface area (Å²) in [6.07, 6.45) is 3.20. The summed E-state index contributed by atoms with van der Waals surface area (Å²) < 4.78 is 5.46. The largest absolute Gasteiger partial charge is 0.482 e. The van der Waals surface area contributed by atoms with Crippen LogP contribution in [0.15, 0.2) is 24.5 Å².